The molecular formula is C30H22FN3O. The third kappa shape index (κ3) is 4.02. The van der Waals surface area contributed by atoms with E-state index in [1.165, 1.54) is 12.1 Å². The van der Waals surface area contributed by atoms with Gasteiger partial charge < -0.3 is 4.42 Å². The number of hydrogen-bond donors (Lipinski definition) is 0. The second kappa shape index (κ2) is 9.03. The lowest BCUT2D eigenvalue weighted by atomic mass is 9.93. The first-order chi connectivity index (χ1) is 17.3. The van der Waals surface area contributed by atoms with Gasteiger partial charge in [-0.15, -0.1) is 5.11 Å². The zero-order valence-corrected chi connectivity index (χ0v) is 18.9. The molecule has 0 N–H and O–H groups in total. The Morgan fingerprint density at radius 3 is 1.97 bits per heavy atom. The number of fused-ring (bicyclic) bond motifs is 1. The summed E-state index contributed by atoms with van der Waals surface area (Å²) in [4.78, 5) is 0. The van der Waals surface area contributed by atoms with Crippen LogP contribution in [0.3, 0.4) is 0 Å². The molecule has 170 valence electrons. The van der Waals surface area contributed by atoms with E-state index in [9.17, 15) is 4.39 Å². The minimum absolute atomic E-state index is 0.211. The molecule has 0 fully saturated rings. The molecule has 2 heterocycles. The second-order valence-corrected chi connectivity index (χ2v) is 8.48. The molecule has 1 unspecified atom stereocenters. The lowest BCUT2D eigenvalue weighted by Gasteiger charge is -2.31. The molecule has 4 nitrogen and oxygen atoms in total. The molecule has 1 aliphatic rings. The number of halogens is 1. The average Bonchev–Trinajstić information content (AvgIpc) is 3.30. The fourth-order valence-corrected chi connectivity index (χ4v) is 4.56. The summed E-state index contributed by atoms with van der Waals surface area (Å²) in [7, 11) is 0. The number of benzene rings is 4. The van der Waals surface area contributed by atoms with Crippen molar-refractivity contribution >= 4 is 5.69 Å². The molecule has 0 bridgehead atoms. The summed E-state index contributed by atoms with van der Waals surface area (Å²) in [5.74, 6) is 1.03. The van der Waals surface area contributed by atoms with Crippen LogP contribution < -0.4 is 0 Å². The molecule has 5 aromatic rings. The van der Waals surface area contributed by atoms with Crippen molar-refractivity contribution in [1.29, 1.82) is 0 Å². The minimum Gasteiger partial charge on any atom is -0.453 e. The van der Waals surface area contributed by atoms with Crippen LogP contribution in [0.1, 0.15) is 22.7 Å². The van der Waals surface area contributed by atoms with Crippen LogP contribution in [-0.4, -0.2) is 5.01 Å². The van der Waals surface area contributed by atoms with Crippen LogP contribution in [-0.2, 0) is 6.54 Å². The van der Waals surface area contributed by atoms with Crippen LogP contribution in [0.4, 0.5) is 10.1 Å². The molecule has 0 amide bonds. The maximum absolute atomic E-state index is 13.7. The van der Waals surface area contributed by atoms with Crippen molar-refractivity contribution in [3.05, 3.63) is 138 Å². The van der Waals surface area contributed by atoms with E-state index in [2.05, 4.69) is 34.6 Å². The lowest BCUT2D eigenvalue weighted by Crippen LogP contribution is -2.26. The third-order valence-corrected chi connectivity index (χ3v) is 6.20. The molecule has 1 aromatic heterocycles. The molecular weight excluding hydrogens is 437 g/mol. The summed E-state index contributed by atoms with van der Waals surface area (Å²) in [5.41, 5.74) is 5.56. The molecule has 5 heteroatoms. The Labute approximate surface area is 203 Å². The molecule has 0 radical (unpaired) electrons. The smallest absolute Gasteiger partial charge is 0.162 e. The van der Waals surface area contributed by atoms with E-state index < -0.39 is 0 Å². The summed E-state index contributed by atoms with van der Waals surface area (Å²) in [6, 6.07) is 36.6. The van der Waals surface area contributed by atoms with Gasteiger partial charge >= 0.3 is 0 Å². The maximum Gasteiger partial charge on any atom is 0.162 e. The van der Waals surface area contributed by atoms with E-state index in [4.69, 9.17) is 4.42 Å². The van der Waals surface area contributed by atoms with Crippen molar-refractivity contribution in [2.45, 2.75) is 12.6 Å². The van der Waals surface area contributed by atoms with Crippen LogP contribution >= 0.6 is 0 Å². The van der Waals surface area contributed by atoms with Crippen molar-refractivity contribution < 1.29 is 8.81 Å². The van der Waals surface area contributed by atoms with Crippen molar-refractivity contribution in [2.24, 2.45) is 10.3 Å². The van der Waals surface area contributed by atoms with Crippen LogP contribution in [0.25, 0.3) is 22.6 Å². The second-order valence-electron chi connectivity index (χ2n) is 8.48. The topological polar surface area (TPSA) is 41.1 Å². The first-order valence-electron chi connectivity index (χ1n) is 11.5. The van der Waals surface area contributed by atoms with E-state index in [0.717, 1.165) is 33.6 Å². The van der Waals surface area contributed by atoms with Crippen LogP contribution in [0.2, 0.25) is 0 Å². The third-order valence-electron chi connectivity index (χ3n) is 6.20. The van der Waals surface area contributed by atoms with Gasteiger partial charge in [-0.05, 0) is 35.4 Å². The highest BCUT2D eigenvalue weighted by Gasteiger charge is 2.36. The largest absolute Gasteiger partial charge is 0.453 e. The van der Waals surface area contributed by atoms with Gasteiger partial charge in [0.2, 0.25) is 0 Å². The first kappa shape index (κ1) is 21.1. The lowest BCUT2D eigenvalue weighted by molar-refractivity contribution is 0.203. The van der Waals surface area contributed by atoms with Crippen molar-refractivity contribution in [2.75, 3.05) is 0 Å². The maximum atomic E-state index is 13.7. The number of nitrogens with zero attached hydrogens (tertiary/aromatic N) is 3. The molecule has 0 aliphatic carbocycles. The van der Waals surface area contributed by atoms with Crippen LogP contribution in [0.5, 0.6) is 0 Å². The van der Waals surface area contributed by atoms with E-state index >= 15 is 0 Å². The highest BCUT2D eigenvalue weighted by atomic mass is 19.1. The van der Waals surface area contributed by atoms with Crippen LogP contribution in [0.15, 0.2) is 130 Å². The predicted molar refractivity (Wildman–Crippen MR) is 134 cm³/mol. The van der Waals surface area contributed by atoms with E-state index in [1.807, 2.05) is 71.7 Å². The highest BCUT2D eigenvalue weighted by molar-refractivity contribution is 5.82. The standard InChI is InChI=1S/C30H22FN3O/c31-25-18-16-24(17-19-25)30-27-26(29(35-30)23-14-8-3-9-15-23)28(22-12-6-2-7-13-22)34(33-32-27)20-21-10-4-1-5-11-21/h1-19,28H,20H2. The molecule has 35 heavy (non-hydrogen) atoms. The summed E-state index contributed by atoms with van der Waals surface area (Å²) < 4.78 is 20.2. The van der Waals surface area contributed by atoms with E-state index in [-0.39, 0.29) is 11.9 Å². The highest BCUT2D eigenvalue weighted by Crippen LogP contribution is 2.51. The molecule has 0 saturated carbocycles. The molecule has 1 aliphatic heterocycles. The number of furan rings is 1. The van der Waals surface area contributed by atoms with Gasteiger partial charge in [0.15, 0.2) is 5.76 Å². The van der Waals surface area contributed by atoms with Crippen molar-refractivity contribution in [3.8, 4) is 22.6 Å². The Kier molecular flexibility index (Phi) is 5.43. The quantitative estimate of drug-likeness (QED) is 0.265. The summed E-state index contributed by atoms with van der Waals surface area (Å²) in [6.45, 7) is 0.592. The Bertz CT molecular complexity index is 1460. The Balaban J connectivity index is 1.57. The zero-order chi connectivity index (χ0) is 23.6. The van der Waals surface area contributed by atoms with Crippen LogP contribution in [0, 0.1) is 5.82 Å². The van der Waals surface area contributed by atoms with Gasteiger partial charge in [-0.25, -0.2) is 4.39 Å². The number of hydrogen-bond acceptors (Lipinski definition) is 4. The number of rotatable bonds is 5. The molecule has 1 atom stereocenters. The van der Waals surface area contributed by atoms with Gasteiger partial charge in [0.25, 0.3) is 0 Å². The van der Waals surface area contributed by atoms with Gasteiger partial charge in [-0.3, -0.25) is 5.01 Å². The first-order valence-corrected chi connectivity index (χ1v) is 11.5. The van der Waals surface area contributed by atoms with Crippen molar-refractivity contribution in [3.63, 3.8) is 0 Å². The molecule has 6 rings (SSSR count). The predicted octanol–water partition coefficient (Wildman–Crippen LogP) is 8.36. The van der Waals surface area contributed by atoms with Crippen molar-refractivity contribution in [1.82, 2.24) is 5.01 Å². The summed E-state index contributed by atoms with van der Waals surface area (Å²) >= 11 is 0. The van der Waals surface area contributed by atoms with Gasteiger partial charge in [-0.1, -0.05) is 96.2 Å². The molecule has 4 aromatic carbocycles. The SMILES string of the molecule is Fc1ccc(-c2oc(-c3ccccc3)c3c2N=NN(Cc2ccccc2)C3c2ccccc2)cc1. The monoisotopic (exact) mass is 459 g/mol. The average molecular weight is 460 g/mol. The van der Waals surface area contributed by atoms with Gasteiger partial charge in [0.1, 0.15) is 23.3 Å². The van der Waals surface area contributed by atoms with E-state index in [0.29, 0.717) is 18.0 Å². The van der Waals surface area contributed by atoms with Gasteiger partial charge in [0, 0.05) is 11.1 Å². The minimum atomic E-state index is -0.296. The zero-order valence-electron chi connectivity index (χ0n) is 18.9. The summed E-state index contributed by atoms with van der Waals surface area (Å²) in [6.07, 6.45) is 0. The molecule has 0 saturated heterocycles. The van der Waals surface area contributed by atoms with Gasteiger partial charge in [0.05, 0.1) is 12.1 Å². The molecule has 0 spiro atoms. The fourth-order valence-electron chi connectivity index (χ4n) is 4.56. The Morgan fingerprint density at radius 2 is 1.29 bits per heavy atom. The summed E-state index contributed by atoms with van der Waals surface area (Å²) in [5, 5.41) is 11.3. The Morgan fingerprint density at radius 1 is 0.686 bits per heavy atom. The van der Waals surface area contributed by atoms with Gasteiger partial charge in [-0.2, -0.15) is 0 Å². The fraction of sp³-hybridized carbons (Fsp3) is 0.0667. The van der Waals surface area contributed by atoms with E-state index in [1.54, 1.807) is 12.1 Å². The Hall–Kier alpha value is -4.51. The normalized spacial score (nSPS) is 14.7.